The van der Waals surface area contributed by atoms with Gasteiger partial charge in [-0.15, -0.1) is 0 Å². The molecule has 4 nitrogen and oxygen atoms in total. The first-order valence-corrected chi connectivity index (χ1v) is 6.72. The second-order valence-corrected chi connectivity index (χ2v) is 5.13. The Morgan fingerprint density at radius 1 is 1.25 bits per heavy atom. The minimum absolute atomic E-state index is 0.0739. The molecule has 2 aromatic rings. The number of benzene rings is 2. The third kappa shape index (κ3) is 2.12. The molecule has 1 saturated heterocycles. The Morgan fingerprint density at radius 3 is 2.75 bits per heavy atom. The van der Waals surface area contributed by atoms with E-state index in [0.717, 1.165) is 10.9 Å². The zero-order valence-corrected chi connectivity index (χ0v) is 11.4. The number of carbonyl (C=O) groups excluding carboxylic acids is 1. The third-order valence-corrected chi connectivity index (χ3v) is 3.86. The van der Waals surface area contributed by atoms with Gasteiger partial charge in [-0.2, -0.15) is 0 Å². The Labute approximate surface area is 117 Å². The summed E-state index contributed by atoms with van der Waals surface area (Å²) in [6.07, 6.45) is -0.353. The Morgan fingerprint density at radius 2 is 2.00 bits per heavy atom. The number of cyclic esters (lactones) is 1. The van der Waals surface area contributed by atoms with Crippen LogP contribution in [0.25, 0.3) is 10.8 Å². The van der Waals surface area contributed by atoms with Crippen molar-refractivity contribution < 1.29 is 14.6 Å². The van der Waals surface area contributed by atoms with Crippen LogP contribution in [0.5, 0.6) is 0 Å². The Hall–Kier alpha value is -2.07. The number of ether oxygens (including phenoxy) is 1. The van der Waals surface area contributed by atoms with E-state index in [2.05, 4.69) is 25.1 Å². The van der Waals surface area contributed by atoms with Crippen LogP contribution in [0.2, 0.25) is 0 Å². The lowest BCUT2D eigenvalue weighted by atomic mass is 10.00. The third-order valence-electron chi connectivity index (χ3n) is 3.86. The topological polar surface area (TPSA) is 49.8 Å². The van der Waals surface area contributed by atoms with Crippen LogP contribution in [0.1, 0.15) is 11.1 Å². The summed E-state index contributed by atoms with van der Waals surface area (Å²) in [5.74, 6) is 0. The second kappa shape index (κ2) is 5.13. The molecule has 1 N–H and O–H groups in total. The highest BCUT2D eigenvalue weighted by Crippen LogP contribution is 2.25. The molecule has 0 aromatic heterocycles. The molecular weight excluding hydrogens is 254 g/mol. The molecule has 1 fully saturated rings. The van der Waals surface area contributed by atoms with E-state index >= 15 is 0 Å². The molecule has 4 heteroatoms. The van der Waals surface area contributed by atoms with Gasteiger partial charge in [0, 0.05) is 0 Å². The predicted molar refractivity (Wildman–Crippen MR) is 76.4 cm³/mol. The fraction of sp³-hybridized carbons (Fsp3) is 0.312. The number of aliphatic hydroxyl groups is 1. The van der Waals surface area contributed by atoms with Gasteiger partial charge in [-0.3, -0.25) is 4.90 Å². The zero-order chi connectivity index (χ0) is 14.1. The number of aryl methyl sites for hydroxylation is 1. The van der Waals surface area contributed by atoms with Gasteiger partial charge in [-0.05, 0) is 28.8 Å². The summed E-state index contributed by atoms with van der Waals surface area (Å²) >= 11 is 0. The molecule has 1 amide bonds. The smallest absolute Gasteiger partial charge is 0.410 e. The van der Waals surface area contributed by atoms with E-state index in [1.807, 2.05) is 18.2 Å². The van der Waals surface area contributed by atoms with Crippen molar-refractivity contribution in [1.29, 1.82) is 0 Å². The highest BCUT2D eigenvalue weighted by Gasteiger charge is 2.32. The summed E-state index contributed by atoms with van der Waals surface area (Å²) in [5, 5.41) is 11.7. The van der Waals surface area contributed by atoms with E-state index in [9.17, 15) is 9.90 Å². The van der Waals surface area contributed by atoms with E-state index < -0.39 is 0 Å². The first-order valence-electron chi connectivity index (χ1n) is 6.72. The quantitative estimate of drug-likeness (QED) is 0.933. The summed E-state index contributed by atoms with van der Waals surface area (Å²) in [4.78, 5) is 13.3. The molecule has 104 valence electrons. The van der Waals surface area contributed by atoms with Gasteiger partial charge in [0.25, 0.3) is 0 Å². The van der Waals surface area contributed by atoms with E-state index in [1.165, 1.54) is 10.9 Å². The molecule has 1 heterocycles. The number of nitrogens with zero attached hydrogens (tertiary/aromatic N) is 1. The number of amides is 1. The molecule has 1 aliphatic rings. The average molecular weight is 271 g/mol. The van der Waals surface area contributed by atoms with Gasteiger partial charge in [-0.25, -0.2) is 4.79 Å². The Bertz CT molecular complexity index is 653. The molecule has 20 heavy (non-hydrogen) atoms. The van der Waals surface area contributed by atoms with Gasteiger partial charge >= 0.3 is 6.09 Å². The maximum absolute atomic E-state index is 11.7. The van der Waals surface area contributed by atoms with Gasteiger partial charge in [0.05, 0.1) is 19.2 Å². The second-order valence-electron chi connectivity index (χ2n) is 5.13. The normalized spacial score (nSPS) is 18.6. The van der Waals surface area contributed by atoms with Gasteiger partial charge in [0.15, 0.2) is 0 Å². The van der Waals surface area contributed by atoms with E-state index in [1.54, 1.807) is 4.90 Å². The lowest BCUT2D eigenvalue weighted by Crippen LogP contribution is -2.35. The fourth-order valence-corrected chi connectivity index (χ4v) is 2.67. The van der Waals surface area contributed by atoms with E-state index in [4.69, 9.17) is 4.74 Å². The molecule has 1 aliphatic heterocycles. The first-order chi connectivity index (χ1) is 9.70. The zero-order valence-electron chi connectivity index (χ0n) is 11.4. The molecule has 0 unspecified atom stereocenters. The highest BCUT2D eigenvalue weighted by molar-refractivity contribution is 5.88. The number of fused-ring (bicyclic) bond motifs is 1. The van der Waals surface area contributed by atoms with Crippen molar-refractivity contribution in [2.75, 3.05) is 13.2 Å². The maximum Gasteiger partial charge on any atom is 0.410 e. The molecule has 0 bridgehead atoms. The van der Waals surface area contributed by atoms with Gasteiger partial charge in [-0.1, -0.05) is 36.4 Å². The van der Waals surface area contributed by atoms with Crippen molar-refractivity contribution in [3.05, 3.63) is 47.5 Å². The number of rotatable bonds is 3. The lowest BCUT2D eigenvalue weighted by Gasteiger charge is -2.20. The van der Waals surface area contributed by atoms with Crippen molar-refractivity contribution in [2.45, 2.75) is 19.5 Å². The van der Waals surface area contributed by atoms with Crippen LogP contribution < -0.4 is 0 Å². The maximum atomic E-state index is 11.7. The van der Waals surface area contributed by atoms with Crippen molar-refractivity contribution in [2.24, 2.45) is 0 Å². The van der Waals surface area contributed by atoms with Gasteiger partial charge < -0.3 is 9.84 Å². The van der Waals surface area contributed by atoms with Crippen LogP contribution in [-0.4, -0.2) is 35.4 Å². The monoisotopic (exact) mass is 271 g/mol. The van der Waals surface area contributed by atoms with Crippen LogP contribution >= 0.6 is 0 Å². The van der Waals surface area contributed by atoms with E-state index in [-0.39, 0.29) is 25.3 Å². The number of aliphatic hydroxyl groups excluding tert-OH is 1. The summed E-state index contributed by atoms with van der Waals surface area (Å²) < 4.78 is 5.00. The van der Waals surface area contributed by atoms with Crippen LogP contribution in [0.15, 0.2) is 36.4 Å². The molecule has 0 aliphatic carbocycles. The van der Waals surface area contributed by atoms with Crippen molar-refractivity contribution in [3.63, 3.8) is 0 Å². The average Bonchev–Trinajstić information content (AvgIpc) is 2.83. The minimum atomic E-state index is -0.353. The summed E-state index contributed by atoms with van der Waals surface area (Å²) in [5.41, 5.74) is 2.29. The number of hydrogen-bond donors (Lipinski definition) is 1. The molecule has 3 rings (SSSR count). The lowest BCUT2D eigenvalue weighted by molar-refractivity contribution is 0.151. The minimum Gasteiger partial charge on any atom is -0.447 e. The van der Waals surface area contributed by atoms with Gasteiger partial charge in [0.2, 0.25) is 0 Å². The van der Waals surface area contributed by atoms with Crippen molar-refractivity contribution in [3.8, 4) is 0 Å². The standard InChI is InChI=1S/C16H17NO3/c1-11-6-7-12(15-5-3-2-4-14(11)15)8-17-13(9-18)10-20-16(17)19/h2-7,13,18H,8-10H2,1H3/t13-/m0/s1. The number of carbonyl (C=O) groups is 1. The molecule has 0 saturated carbocycles. The molecule has 0 spiro atoms. The van der Waals surface area contributed by atoms with Crippen LogP contribution in [0, 0.1) is 6.92 Å². The Kier molecular flexibility index (Phi) is 3.32. The van der Waals surface area contributed by atoms with E-state index in [0.29, 0.717) is 6.54 Å². The largest absolute Gasteiger partial charge is 0.447 e. The fourth-order valence-electron chi connectivity index (χ4n) is 2.67. The highest BCUT2D eigenvalue weighted by atomic mass is 16.6. The Balaban J connectivity index is 1.99. The number of hydrogen-bond acceptors (Lipinski definition) is 3. The van der Waals surface area contributed by atoms with Gasteiger partial charge in [0.1, 0.15) is 6.61 Å². The summed E-state index contributed by atoms with van der Waals surface area (Å²) in [6.45, 7) is 2.73. The first kappa shape index (κ1) is 12.9. The summed E-state index contributed by atoms with van der Waals surface area (Å²) in [6, 6.07) is 12.0. The van der Waals surface area contributed by atoms with Crippen LogP contribution in [0.3, 0.4) is 0 Å². The molecule has 0 radical (unpaired) electrons. The molecule has 1 atom stereocenters. The van der Waals surface area contributed by atoms with Crippen LogP contribution in [-0.2, 0) is 11.3 Å². The van der Waals surface area contributed by atoms with Crippen molar-refractivity contribution in [1.82, 2.24) is 4.90 Å². The molecule has 2 aromatic carbocycles. The predicted octanol–water partition coefficient (Wildman–Crippen LogP) is 2.46. The summed E-state index contributed by atoms with van der Waals surface area (Å²) in [7, 11) is 0. The van der Waals surface area contributed by atoms with Crippen LogP contribution in [0.4, 0.5) is 4.79 Å². The van der Waals surface area contributed by atoms with Crippen molar-refractivity contribution >= 4 is 16.9 Å². The SMILES string of the molecule is Cc1ccc(CN2C(=O)OC[C@@H]2CO)c2ccccc12. The molecular formula is C16H17NO3.